The minimum absolute atomic E-state index is 0.272. The Morgan fingerprint density at radius 2 is 1.65 bits per heavy atom. The molecule has 2 aromatic carbocycles. The highest BCUT2D eigenvalue weighted by molar-refractivity contribution is 6.32. The number of rotatable bonds is 7. The number of methoxy groups -OCH3 is 2. The van der Waals surface area contributed by atoms with E-state index in [1.54, 1.807) is 50.4 Å². The molecule has 1 amide bonds. The van der Waals surface area contributed by atoms with Crippen molar-refractivity contribution in [2.75, 3.05) is 14.2 Å². The van der Waals surface area contributed by atoms with Crippen molar-refractivity contribution in [2.45, 2.75) is 18.9 Å². The second kappa shape index (κ2) is 8.58. The lowest BCUT2D eigenvalue weighted by Gasteiger charge is -2.19. The molecule has 7 heteroatoms. The maximum absolute atomic E-state index is 12.5. The van der Waals surface area contributed by atoms with Crippen molar-refractivity contribution >= 4 is 23.5 Å². The molecule has 2 aromatic rings. The van der Waals surface area contributed by atoms with Gasteiger partial charge in [0.05, 0.1) is 25.2 Å². The number of hydrogen-bond acceptors (Lipinski definition) is 4. The fourth-order valence-corrected chi connectivity index (χ4v) is 2.73. The summed E-state index contributed by atoms with van der Waals surface area (Å²) in [5, 5.41) is 12.3. The van der Waals surface area contributed by atoms with Crippen molar-refractivity contribution < 1.29 is 24.2 Å². The summed E-state index contributed by atoms with van der Waals surface area (Å²) in [6, 6.07) is 10.4. The normalized spacial score (nSPS) is 12.8. The summed E-state index contributed by atoms with van der Waals surface area (Å²) >= 11 is 6.06. The molecule has 0 spiro atoms. The van der Waals surface area contributed by atoms with Crippen LogP contribution in [0, 0.1) is 0 Å². The Kier molecular flexibility index (Phi) is 6.46. The standard InChI is InChI=1S/C19H20ClNO5/c1-11(12-4-7-14(25-2)8-5-12)18(22)21-17(19(23)24)13-6-9-16(26-3)15(20)10-13/h4-11,17H,1-3H3,(H,21,22)(H,23,24). The SMILES string of the molecule is COc1ccc(C(C)C(=O)NC(C(=O)O)c2ccc(OC)c(Cl)c2)cc1. The van der Waals surface area contributed by atoms with Gasteiger partial charge < -0.3 is 19.9 Å². The van der Waals surface area contributed by atoms with Gasteiger partial charge in [-0.3, -0.25) is 4.79 Å². The van der Waals surface area contributed by atoms with E-state index in [0.717, 1.165) is 5.56 Å². The summed E-state index contributed by atoms with van der Waals surface area (Å²) in [4.78, 5) is 24.2. The third kappa shape index (κ3) is 4.46. The lowest BCUT2D eigenvalue weighted by Crippen LogP contribution is -2.36. The van der Waals surface area contributed by atoms with Crippen molar-refractivity contribution in [3.63, 3.8) is 0 Å². The molecular formula is C19H20ClNO5. The predicted molar refractivity (Wildman–Crippen MR) is 97.9 cm³/mol. The van der Waals surface area contributed by atoms with Gasteiger partial charge in [0.15, 0.2) is 6.04 Å². The van der Waals surface area contributed by atoms with Crippen LogP contribution in [0.15, 0.2) is 42.5 Å². The number of aliphatic carboxylic acids is 1. The van der Waals surface area contributed by atoms with Crippen LogP contribution in [0.2, 0.25) is 5.02 Å². The molecule has 0 saturated carbocycles. The highest BCUT2D eigenvalue weighted by Gasteiger charge is 2.26. The number of carbonyl (C=O) groups is 2. The average molecular weight is 378 g/mol. The Balaban J connectivity index is 2.19. The molecule has 0 fully saturated rings. The van der Waals surface area contributed by atoms with Gasteiger partial charge in [0, 0.05) is 0 Å². The van der Waals surface area contributed by atoms with Crippen LogP contribution in [0.4, 0.5) is 0 Å². The monoisotopic (exact) mass is 377 g/mol. The predicted octanol–water partition coefficient (Wildman–Crippen LogP) is 3.40. The van der Waals surface area contributed by atoms with Gasteiger partial charge >= 0.3 is 5.97 Å². The molecule has 2 unspecified atom stereocenters. The first kappa shape index (κ1) is 19.6. The number of nitrogens with one attached hydrogen (secondary N) is 1. The van der Waals surface area contributed by atoms with Gasteiger partial charge in [-0.05, 0) is 42.3 Å². The lowest BCUT2D eigenvalue weighted by atomic mass is 9.99. The van der Waals surface area contributed by atoms with E-state index in [0.29, 0.717) is 17.1 Å². The molecule has 2 rings (SSSR count). The molecule has 138 valence electrons. The first-order valence-corrected chi connectivity index (χ1v) is 8.25. The molecule has 0 aliphatic carbocycles. The fraction of sp³-hybridized carbons (Fsp3) is 0.263. The molecule has 2 atom stereocenters. The van der Waals surface area contributed by atoms with Crippen LogP contribution in [0.3, 0.4) is 0 Å². The number of carboxylic acid groups (broad SMARTS) is 1. The van der Waals surface area contributed by atoms with E-state index in [9.17, 15) is 14.7 Å². The number of amides is 1. The van der Waals surface area contributed by atoms with Gasteiger partial charge in [-0.25, -0.2) is 4.79 Å². The van der Waals surface area contributed by atoms with Crippen LogP contribution in [-0.4, -0.2) is 31.2 Å². The maximum atomic E-state index is 12.5. The van der Waals surface area contributed by atoms with Crippen molar-refractivity contribution in [1.29, 1.82) is 0 Å². The van der Waals surface area contributed by atoms with Crippen LogP contribution < -0.4 is 14.8 Å². The summed E-state index contributed by atoms with van der Waals surface area (Å²) < 4.78 is 10.2. The second-order valence-corrected chi connectivity index (χ2v) is 6.08. The third-order valence-electron chi connectivity index (χ3n) is 4.05. The molecule has 26 heavy (non-hydrogen) atoms. The summed E-state index contributed by atoms with van der Waals surface area (Å²) in [6.45, 7) is 1.71. The second-order valence-electron chi connectivity index (χ2n) is 5.67. The number of carbonyl (C=O) groups excluding carboxylic acids is 1. The summed E-state index contributed by atoms with van der Waals surface area (Å²) in [7, 11) is 3.02. The van der Waals surface area contributed by atoms with Crippen LogP contribution in [0.1, 0.15) is 30.0 Å². The molecular weight excluding hydrogens is 358 g/mol. The van der Waals surface area contributed by atoms with E-state index in [-0.39, 0.29) is 5.02 Å². The van der Waals surface area contributed by atoms with Gasteiger partial charge in [-0.2, -0.15) is 0 Å². The minimum atomic E-state index is -1.22. The summed E-state index contributed by atoms with van der Waals surface area (Å²) in [5.41, 5.74) is 1.11. The highest BCUT2D eigenvalue weighted by Crippen LogP contribution is 2.28. The molecule has 0 aliphatic rings. The Morgan fingerprint density at radius 3 is 2.15 bits per heavy atom. The lowest BCUT2D eigenvalue weighted by molar-refractivity contribution is -0.142. The van der Waals surface area contributed by atoms with Crippen molar-refractivity contribution in [3.8, 4) is 11.5 Å². The van der Waals surface area contributed by atoms with Crippen LogP contribution in [-0.2, 0) is 9.59 Å². The van der Waals surface area contributed by atoms with E-state index in [1.807, 2.05) is 0 Å². The number of benzene rings is 2. The highest BCUT2D eigenvalue weighted by atomic mass is 35.5. The number of halogens is 1. The Labute approximate surface area is 156 Å². The molecule has 6 nitrogen and oxygen atoms in total. The molecule has 0 saturated heterocycles. The van der Waals surface area contributed by atoms with Gasteiger partial charge in [0.2, 0.25) is 5.91 Å². The van der Waals surface area contributed by atoms with Crippen molar-refractivity contribution in [3.05, 3.63) is 58.6 Å². The van der Waals surface area contributed by atoms with Crippen molar-refractivity contribution in [2.24, 2.45) is 0 Å². The maximum Gasteiger partial charge on any atom is 0.330 e. The fourth-order valence-electron chi connectivity index (χ4n) is 2.46. The summed E-state index contributed by atoms with van der Waals surface area (Å²) in [6.07, 6.45) is 0. The number of carboxylic acids is 1. The largest absolute Gasteiger partial charge is 0.497 e. The zero-order chi connectivity index (χ0) is 19.3. The third-order valence-corrected chi connectivity index (χ3v) is 4.35. The molecule has 0 bridgehead atoms. The van der Waals surface area contributed by atoms with E-state index >= 15 is 0 Å². The van der Waals surface area contributed by atoms with Gasteiger partial charge in [-0.1, -0.05) is 29.8 Å². The van der Waals surface area contributed by atoms with Gasteiger partial charge in [-0.15, -0.1) is 0 Å². The van der Waals surface area contributed by atoms with Crippen LogP contribution in [0.25, 0.3) is 0 Å². The van der Waals surface area contributed by atoms with Crippen molar-refractivity contribution in [1.82, 2.24) is 5.32 Å². The molecule has 0 heterocycles. The van der Waals surface area contributed by atoms with Crippen LogP contribution in [0.5, 0.6) is 11.5 Å². The molecule has 2 N–H and O–H groups in total. The minimum Gasteiger partial charge on any atom is -0.497 e. The Bertz CT molecular complexity index is 791. The van der Waals surface area contributed by atoms with E-state index < -0.39 is 23.8 Å². The summed E-state index contributed by atoms with van der Waals surface area (Å²) in [5.74, 6) is -1.01. The van der Waals surface area contributed by atoms with Gasteiger partial charge in [0.1, 0.15) is 11.5 Å². The van der Waals surface area contributed by atoms with Gasteiger partial charge in [0.25, 0.3) is 0 Å². The zero-order valence-corrected chi connectivity index (χ0v) is 15.4. The molecule has 0 aliphatic heterocycles. The van der Waals surface area contributed by atoms with E-state index in [2.05, 4.69) is 5.32 Å². The average Bonchev–Trinajstić information content (AvgIpc) is 2.65. The molecule has 0 radical (unpaired) electrons. The smallest absolute Gasteiger partial charge is 0.330 e. The topological polar surface area (TPSA) is 84.9 Å². The Hall–Kier alpha value is -2.73. The molecule has 0 aromatic heterocycles. The number of ether oxygens (including phenoxy) is 2. The first-order valence-electron chi connectivity index (χ1n) is 7.88. The quantitative estimate of drug-likeness (QED) is 0.772. The number of hydrogen-bond donors (Lipinski definition) is 2. The van der Waals surface area contributed by atoms with Crippen LogP contribution >= 0.6 is 11.6 Å². The van der Waals surface area contributed by atoms with E-state index in [4.69, 9.17) is 21.1 Å². The Morgan fingerprint density at radius 1 is 1.04 bits per heavy atom. The zero-order valence-electron chi connectivity index (χ0n) is 14.7. The van der Waals surface area contributed by atoms with E-state index in [1.165, 1.54) is 13.2 Å². The first-order chi connectivity index (χ1) is 12.4.